The van der Waals surface area contributed by atoms with E-state index >= 15 is 0 Å². The van der Waals surface area contributed by atoms with Gasteiger partial charge in [0.25, 0.3) is 0 Å². The number of anilines is 1. The average molecular weight is 751 g/mol. The maximum absolute atomic E-state index is 13.0. The number of nitrogens with zero attached hydrogens (tertiary/aromatic N) is 2. The van der Waals surface area contributed by atoms with Crippen molar-refractivity contribution in [3.05, 3.63) is 95.3 Å². The van der Waals surface area contributed by atoms with Gasteiger partial charge in [0.2, 0.25) is 23.6 Å². The summed E-state index contributed by atoms with van der Waals surface area (Å²) in [5, 5.41) is 7.98. The van der Waals surface area contributed by atoms with Gasteiger partial charge in [-0.1, -0.05) is 63.2 Å². The minimum Gasteiger partial charge on any atom is -0.469 e. The number of H-pyrrole nitrogens is 1. The first kappa shape index (κ1) is 35.5. The molecular weight excluding hydrogens is 711 g/mol. The molecule has 0 fully saturated rings. The third-order valence-corrected chi connectivity index (χ3v) is 10.1. The first-order valence-electron chi connectivity index (χ1n) is 17.7. The fraction of sp³-hybridized carbons (Fsp3) is 0.282. The number of carbonyl (C=O) groups is 2. The SMILES string of the molecule is CC(C)CC(N)=O.CCC1NC(=O)CCc2ccc3c(c2)C24c5cccc(c5NC2O3)-c2cccc3[nH]cc(c23)-c2cnc(o2)-c2nc1oc24.OP(O)O. The standard InChI is InChI=1S/C34H25N5O4.C5H11NO.H3O3P/c1-2-22-31-38-29-30(43-31)34-20-7-3-6-18(17-5-4-8-23-27(17)19(14-35-23)25-15-36-32(29)41-25)28(20)39-33(34)42-24-11-9-16(13-21(24)34)10-12-26(40)37-22;1-4(2)3-5(6)7;1-4(2)3/h3-9,11,13-15,22,33,35,39H,2,10,12H2,1H3,(H,37,40);4H,3H2,1-2H3,(H2,6,7);1-3H. The number of oxazole rings is 2. The normalized spacial score (nSPS) is 19.6. The molecule has 14 nitrogen and oxygen atoms in total. The molecule has 4 aliphatic heterocycles. The van der Waals surface area contributed by atoms with E-state index in [1.165, 1.54) is 0 Å². The number of hydrogen-bond donors (Lipinski definition) is 7. The molecule has 3 atom stereocenters. The average Bonchev–Trinajstić information content (AvgIpc) is 3.95. The molecule has 0 saturated carbocycles. The lowest BCUT2D eigenvalue weighted by molar-refractivity contribution is -0.122. The Balaban J connectivity index is 0.000000333. The van der Waals surface area contributed by atoms with Crippen molar-refractivity contribution in [3.8, 4) is 39.8 Å². The molecule has 3 aromatic carbocycles. The Bertz CT molecular complexity index is 2410. The van der Waals surface area contributed by atoms with Gasteiger partial charge < -0.3 is 49.6 Å². The summed E-state index contributed by atoms with van der Waals surface area (Å²) in [5.74, 6) is 2.90. The summed E-state index contributed by atoms with van der Waals surface area (Å²) in [4.78, 5) is 58.0. The van der Waals surface area contributed by atoms with E-state index in [4.69, 9.17) is 44.0 Å². The molecule has 54 heavy (non-hydrogen) atoms. The zero-order valence-corrected chi connectivity index (χ0v) is 30.6. The van der Waals surface area contributed by atoms with E-state index in [1.54, 1.807) is 6.20 Å². The number of amides is 2. The lowest BCUT2D eigenvalue weighted by Crippen LogP contribution is -2.40. The highest BCUT2D eigenvalue weighted by Gasteiger charge is 2.61. The van der Waals surface area contributed by atoms with E-state index in [9.17, 15) is 9.59 Å². The second-order valence-electron chi connectivity index (χ2n) is 14.1. The van der Waals surface area contributed by atoms with Gasteiger partial charge in [0, 0.05) is 57.9 Å². The number of benzene rings is 3. The highest BCUT2D eigenvalue weighted by molar-refractivity contribution is 7.38. The van der Waals surface area contributed by atoms with Crippen molar-refractivity contribution in [1.29, 1.82) is 0 Å². The van der Waals surface area contributed by atoms with Crippen molar-refractivity contribution in [2.45, 2.75) is 64.1 Å². The highest BCUT2D eigenvalue weighted by Crippen LogP contribution is 2.61. The van der Waals surface area contributed by atoms with Gasteiger partial charge in [-0.2, -0.15) is 0 Å². The van der Waals surface area contributed by atoms with E-state index in [2.05, 4.69) is 58.1 Å². The Morgan fingerprint density at radius 1 is 1.02 bits per heavy atom. The van der Waals surface area contributed by atoms with Crippen LogP contribution in [0.2, 0.25) is 0 Å². The molecule has 0 aliphatic carbocycles. The largest absolute Gasteiger partial charge is 0.469 e. The topological polar surface area (TPSA) is 222 Å². The van der Waals surface area contributed by atoms with Crippen LogP contribution < -0.4 is 21.1 Å². The van der Waals surface area contributed by atoms with E-state index < -0.39 is 26.3 Å². The number of rotatable bonds is 3. The van der Waals surface area contributed by atoms with E-state index in [0.29, 0.717) is 60.6 Å². The number of aromatic nitrogens is 3. The molecule has 6 aromatic rings. The summed E-state index contributed by atoms with van der Waals surface area (Å²) in [6, 6.07) is 18.5. The maximum Gasteiger partial charge on any atom is 0.324 e. The van der Waals surface area contributed by atoms with Crippen molar-refractivity contribution in [1.82, 2.24) is 20.3 Å². The number of nitrogens with one attached hydrogen (secondary N) is 3. The molecule has 1 spiro atoms. The third-order valence-electron chi connectivity index (χ3n) is 10.1. The number of hydrogen-bond acceptors (Lipinski definition) is 11. The third kappa shape index (κ3) is 5.82. The van der Waals surface area contributed by atoms with Crippen LogP contribution in [0.1, 0.15) is 74.4 Å². The van der Waals surface area contributed by atoms with Gasteiger partial charge in [-0.25, -0.2) is 9.97 Å². The van der Waals surface area contributed by atoms with Crippen LogP contribution in [0.3, 0.4) is 0 Å². The second-order valence-corrected chi connectivity index (χ2v) is 14.6. The molecule has 0 saturated heterocycles. The fourth-order valence-electron chi connectivity index (χ4n) is 7.95. The molecule has 10 bridgehead atoms. The van der Waals surface area contributed by atoms with Crippen molar-refractivity contribution in [2.75, 3.05) is 5.32 Å². The Morgan fingerprint density at radius 2 is 1.80 bits per heavy atom. The summed E-state index contributed by atoms with van der Waals surface area (Å²) in [7, 11) is -2.62. The van der Waals surface area contributed by atoms with Crippen LogP contribution in [0, 0.1) is 5.92 Å². The molecule has 15 heteroatoms. The fourth-order valence-corrected chi connectivity index (χ4v) is 7.95. The van der Waals surface area contributed by atoms with Crippen LogP contribution >= 0.6 is 8.60 Å². The number of ether oxygens (including phenoxy) is 1. The molecule has 0 radical (unpaired) electrons. The molecule has 8 N–H and O–H groups in total. The second kappa shape index (κ2) is 13.7. The van der Waals surface area contributed by atoms with E-state index in [0.717, 1.165) is 55.7 Å². The van der Waals surface area contributed by atoms with Gasteiger partial charge in [0.05, 0.1) is 6.20 Å². The van der Waals surface area contributed by atoms with Gasteiger partial charge in [-0.15, -0.1) is 0 Å². The van der Waals surface area contributed by atoms with Crippen molar-refractivity contribution >= 4 is 37.0 Å². The lowest BCUT2D eigenvalue weighted by atomic mass is 9.72. The van der Waals surface area contributed by atoms with Crippen LogP contribution in [0.15, 0.2) is 75.8 Å². The number of primary amides is 1. The van der Waals surface area contributed by atoms with E-state index in [1.807, 2.05) is 39.1 Å². The minimum atomic E-state index is -2.62. The first-order chi connectivity index (χ1) is 26.0. The monoisotopic (exact) mass is 750 g/mol. The first-order valence-corrected chi connectivity index (χ1v) is 18.9. The molecule has 7 heterocycles. The quantitative estimate of drug-likeness (QED) is 0.102. The number of aryl methyl sites for hydroxylation is 1. The number of fused-ring (bicyclic) bond motifs is 7. The van der Waals surface area contributed by atoms with Gasteiger partial charge in [-0.3, -0.25) is 9.59 Å². The predicted octanol–water partition coefficient (Wildman–Crippen LogP) is 6.16. The van der Waals surface area contributed by atoms with Crippen LogP contribution in [0.5, 0.6) is 5.75 Å². The number of para-hydroxylation sites is 1. The molecule has 3 unspecified atom stereocenters. The highest BCUT2D eigenvalue weighted by atomic mass is 31.2. The number of aromatic amines is 1. The van der Waals surface area contributed by atoms with Crippen LogP contribution in [-0.2, 0) is 21.4 Å². The molecule has 3 aromatic heterocycles. The van der Waals surface area contributed by atoms with Crippen LogP contribution in [0.4, 0.5) is 5.69 Å². The molecule has 2 amide bonds. The van der Waals surface area contributed by atoms with Gasteiger partial charge in [-0.05, 0) is 42.0 Å². The molecule has 10 rings (SSSR count). The predicted molar refractivity (Wildman–Crippen MR) is 201 cm³/mol. The summed E-state index contributed by atoms with van der Waals surface area (Å²) < 4.78 is 20.1. The Morgan fingerprint density at radius 3 is 2.54 bits per heavy atom. The Labute approximate surface area is 310 Å². The van der Waals surface area contributed by atoms with Gasteiger partial charge in [0.15, 0.2) is 23.4 Å². The molecule has 278 valence electrons. The van der Waals surface area contributed by atoms with E-state index in [-0.39, 0.29) is 11.8 Å². The lowest BCUT2D eigenvalue weighted by Gasteiger charge is -2.27. The Kier molecular flexibility index (Phi) is 9.01. The Hall–Kier alpha value is -5.53. The maximum atomic E-state index is 13.0. The van der Waals surface area contributed by atoms with Crippen LogP contribution in [0.25, 0.3) is 44.9 Å². The minimum absolute atomic E-state index is 0.0471. The number of nitrogens with two attached hydrogens (primary N) is 1. The smallest absolute Gasteiger partial charge is 0.324 e. The summed E-state index contributed by atoms with van der Waals surface area (Å²) in [6.45, 7) is 5.94. The van der Waals surface area contributed by atoms with Crippen molar-refractivity contribution in [3.63, 3.8) is 0 Å². The zero-order chi connectivity index (χ0) is 37.9. The van der Waals surface area contributed by atoms with Crippen molar-refractivity contribution < 1.29 is 37.8 Å². The van der Waals surface area contributed by atoms with Gasteiger partial charge in [0.1, 0.15) is 17.2 Å². The van der Waals surface area contributed by atoms with Crippen molar-refractivity contribution in [2.24, 2.45) is 11.7 Å². The zero-order valence-electron chi connectivity index (χ0n) is 29.7. The summed E-state index contributed by atoms with van der Waals surface area (Å²) >= 11 is 0. The number of carbonyl (C=O) groups excluding carboxylic acids is 2. The molecule has 4 aliphatic rings. The summed E-state index contributed by atoms with van der Waals surface area (Å²) in [6.07, 6.45) is 5.28. The van der Waals surface area contributed by atoms with Gasteiger partial charge >= 0.3 is 8.60 Å². The molecular formula is C39H39N6O8P. The van der Waals surface area contributed by atoms with Crippen LogP contribution in [-0.4, -0.2) is 47.7 Å². The summed E-state index contributed by atoms with van der Waals surface area (Å²) in [5.41, 5.74) is 12.6.